The molecule has 0 aliphatic rings. The normalized spacial score (nSPS) is 12.6. The highest BCUT2D eigenvalue weighted by Gasteiger charge is 2.19. The Labute approximate surface area is 131 Å². The lowest BCUT2D eigenvalue weighted by Crippen LogP contribution is -2.30. The van der Waals surface area contributed by atoms with Gasteiger partial charge in [0, 0.05) is 6.54 Å². The zero-order valence-electron chi connectivity index (χ0n) is 12.6. The zero-order valence-corrected chi connectivity index (χ0v) is 13.4. The van der Waals surface area contributed by atoms with Crippen LogP contribution in [-0.2, 0) is 13.0 Å². The summed E-state index contributed by atoms with van der Waals surface area (Å²) in [6, 6.07) is 8.60. The van der Waals surface area contributed by atoms with Crippen molar-refractivity contribution in [3.63, 3.8) is 0 Å². The van der Waals surface area contributed by atoms with E-state index in [-0.39, 0.29) is 6.04 Å². The molecule has 0 saturated carbocycles. The van der Waals surface area contributed by atoms with Crippen LogP contribution < -0.4 is 11.3 Å². The monoisotopic (exact) mass is 306 g/mol. The quantitative estimate of drug-likeness (QED) is 0.609. The average Bonchev–Trinajstić information content (AvgIpc) is 2.84. The number of nitrogens with two attached hydrogens (primary N) is 1. The van der Waals surface area contributed by atoms with Gasteiger partial charge in [-0.05, 0) is 31.7 Å². The standard InChI is InChI=1S/C16H23ClN4/c1-3-10-21-16(14(17)11-19-21)15(20-18)9-8-13-6-4-12(2)5-7-13/h4-7,11,15,20H,3,8-10,18H2,1-2H3. The average molecular weight is 307 g/mol. The lowest BCUT2D eigenvalue weighted by Gasteiger charge is -2.18. The smallest absolute Gasteiger partial charge is 0.0834 e. The van der Waals surface area contributed by atoms with Crippen molar-refractivity contribution in [3.8, 4) is 0 Å². The van der Waals surface area contributed by atoms with E-state index < -0.39 is 0 Å². The molecule has 0 aliphatic carbocycles. The number of rotatable bonds is 7. The van der Waals surface area contributed by atoms with Crippen LogP contribution in [0.1, 0.15) is 42.6 Å². The third kappa shape index (κ3) is 4.06. The number of hydrazine groups is 1. The summed E-state index contributed by atoms with van der Waals surface area (Å²) < 4.78 is 1.95. The summed E-state index contributed by atoms with van der Waals surface area (Å²) >= 11 is 6.28. The van der Waals surface area contributed by atoms with Gasteiger partial charge >= 0.3 is 0 Å². The number of aromatic nitrogens is 2. The Bertz CT molecular complexity index is 562. The minimum absolute atomic E-state index is 0.00727. The molecule has 2 aromatic rings. The van der Waals surface area contributed by atoms with Crippen molar-refractivity contribution in [2.45, 2.75) is 45.7 Å². The summed E-state index contributed by atoms with van der Waals surface area (Å²) in [6.07, 6.45) is 4.54. The van der Waals surface area contributed by atoms with E-state index in [0.29, 0.717) is 5.02 Å². The number of hydrogen-bond donors (Lipinski definition) is 2. The fourth-order valence-electron chi connectivity index (χ4n) is 2.47. The largest absolute Gasteiger partial charge is 0.271 e. The molecule has 0 aliphatic heterocycles. The van der Waals surface area contributed by atoms with Gasteiger partial charge in [0.2, 0.25) is 0 Å². The second-order valence-electron chi connectivity index (χ2n) is 5.34. The fourth-order valence-corrected chi connectivity index (χ4v) is 2.75. The van der Waals surface area contributed by atoms with E-state index in [1.165, 1.54) is 11.1 Å². The summed E-state index contributed by atoms with van der Waals surface area (Å²) in [5.41, 5.74) is 6.44. The maximum atomic E-state index is 6.28. The molecule has 1 atom stereocenters. The van der Waals surface area contributed by atoms with Crippen LogP contribution in [0.5, 0.6) is 0 Å². The van der Waals surface area contributed by atoms with Crippen molar-refractivity contribution in [1.29, 1.82) is 0 Å². The lowest BCUT2D eigenvalue weighted by atomic mass is 10.0. The Balaban J connectivity index is 2.09. The van der Waals surface area contributed by atoms with Crippen LogP contribution in [-0.4, -0.2) is 9.78 Å². The summed E-state index contributed by atoms with van der Waals surface area (Å²) in [5, 5.41) is 5.01. The van der Waals surface area contributed by atoms with E-state index in [9.17, 15) is 0 Å². The van der Waals surface area contributed by atoms with Gasteiger partial charge in [0.05, 0.1) is 23.0 Å². The summed E-state index contributed by atoms with van der Waals surface area (Å²) in [6.45, 7) is 5.07. The Morgan fingerprint density at radius 2 is 2.05 bits per heavy atom. The summed E-state index contributed by atoms with van der Waals surface area (Å²) in [4.78, 5) is 0. The predicted octanol–water partition coefficient (Wildman–Crippen LogP) is 3.39. The number of benzene rings is 1. The third-order valence-electron chi connectivity index (χ3n) is 3.64. The Kier molecular flexibility index (Phi) is 5.79. The van der Waals surface area contributed by atoms with E-state index in [0.717, 1.165) is 31.5 Å². The number of halogens is 1. The minimum atomic E-state index is 0.00727. The van der Waals surface area contributed by atoms with Crippen molar-refractivity contribution >= 4 is 11.6 Å². The second kappa shape index (κ2) is 7.59. The van der Waals surface area contributed by atoms with Gasteiger partial charge in [-0.3, -0.25) is 16.0 Å². The molecule has 0 spiro atoms. The van der Waals surface area contributed by atoms with E-state index in [4.69, 9.17) is 17.4 Å². The second-order valence-corrected chi connectivity index (χ2v) is 5.75. The molecule has 2 rings (SSSR count). The molecule has 1 aromatic carbocycles. The van der Waals surface area contributed by atoms with Gasteiger partial charge in [0.1, 0.15) is 0 Å². The minimum Gasteiger partial charge on any atom is -0.271 e. The Morgan fingerprint density at radius 1 is 1.33 bits per heavy atom. The van der Waals surface area contributed by atoms with Crippen LogP contribution >= 0.6 is 11.6 Å². The molecule has 5 heteroatoms. The van der Waals surface area contributed by atoms with Crippen molar-refractivity contribution in [2.75, 3.05) is 0 Å². The zero-order chi connectivity index (χ0) is 15.2. The van der Waals surface area contributed by atoms with Gasteiger partial charge in [0.15, 0.2) is 0 Å². The third-order valence-corrected chi connectivity index (χ3v) is 3.93. The molecule has 21 heavy (non-hydrogen) atoms. The van der Waals surface area contributed by atoms with E-state index in [1.54, 1.807) is 6.20 Å². The highest BCUT2D eigenvalue weighted by Crippen LogP contribution is 2.26. The molecular weight excluding hydrogens is 284 g/mol. The molecule has 0 bridgehead atoms. The van der Waals surface area contributed by atoms with Crippen LogP contribution in [0.4, 0.5) is 0 Å². The predicted molar refractivity (Wildman–Crippen MR) is 87.1 cm³/mol. The Morgan fingerprint density at radius 3 is 2.67 bits per heavy atom. The van der Waals surface area contributed by atoms with Crippen molar-refractivity contribution in [2.24, 2.45) is 5.84 Å². The maximum Gasteiger partial charge on any atom is 0.0834 e. The first-order valence-corrected chi connectivity index (χ1v) is 7.76. The van der Waals surface area contributed by atoms with Crippen molar-refractivity contribution in [3.05, 3.63) is 52.3 Å². The number of hydrogen-bond acceptors (Lipinski definition) is 3. The number of nitrogens with zero attached hydrogens (tertiary/aromatic N) is 2. The van der Waals surface area contributed by atoms with E-state index >= 15 is 0 Å². The molecule has 1 aromatic heterocycles. The van der Waals surface area contributed by atoms with E-state index in [1.807, 2.05) is 4.68 Å². The number of aryl methyl sites for hydroxylation is 3. The maximum absolute atomic E-state index is 6.28. The van der Waals surface area contributed by atoms with Gasteiger partial charge < -0.3 is 0 Å². The molecule has 0 saturated heterocycles. The Hall–Kier alpha value is -1.36. The highest BCUT2D eigenvalue weighted by atomic mass is 35.5. The van der Waals surface area contributed by atoms with Crippen LogP contribution in [0, 0.1) is 6.92 Å². The van der Waals surface area contributed by atoms with Gasteiger partial charge in [-0.25, -0.2) is 0 Å². The first-order chi connectivity index (χ1) is 10.2. The van der Waals surface area contributed by atoms with Gasteiger partial charge in [-0.2, -0.15) is 5.10 Å². The number of nitrogens with one attached hydrogen (secondary N) is 1. The highest BCUT2D eigenvalue weighted by molar-refractivity contribution is 6.31. The fraction of sp³-hybridized carbons (Fsp3) is 0.438. The van der Waals surface area contributed by atoms with Crippen molar-refractivity contribution < 1.29 is 0 Å². The molecule has 0 radical (unpaired) electrons. The molecular formula is C16H23ClN4. The summed E-state index contributed by atoms with van der Waals surface area (Å²) in [5.74, 6) is 5.74. The molecule has 114 valence electrons. The van der Waals surface area contributed by atoms with Gasteiger partial charge in [-0.1, -0.05) is 48.4 Å². The molecule has 0 fully saturated rings. The van der Waals surface area contributed by atoms with Gasteiger partial charge in [0.25, 0.3) is 0 Å². The van der Waals surface area contributed by atoms with Gasteiger partial charge in [-0.15, -0.1) is 0 Å². The molecule has 1 heterocycles. The first kappa shape index (κ1) is 16.0. The van der Waals surface area contributed by atoms with Crippen molar-refractivity contribution in [1.82, 2.24) is 15.2 Å². The van der Waals surface area contributed by atoms with Crippen LogP contribution in [0.2, 0.25) is 5.02 Å². The van der Waals surface area contributed by atoms with E-state index in [2.05, 4.69) is 48.6 Å². The summed E-state index contributed by atoms with van der Waals surface area (Å²) in [7, 11) is 0. The first-order valence-electron chi connectivity index (χ1n) is 7.38. The van der Waals surface area contributed by atoms with Crippen LogP contribution in [0.25, 0.3) is 0 Å². The molecule has 1 unspecified atom stereocenters. The molecule has 4 nitrogen and oxygen atoms in total. The molecule has 3 N–H and O–H groups in total. The van der Waals surface area contributed by atoms with Crippen LogP contribution in [0.15, 0.2) is 30.5 Å². The SMILES string of the molecule is CCCn1ncc(Cl)c1C(CCc1ccc(C)cc1)NN. The molecule has 0 amide bonds. The van der Waals surface area contributed by atoms with Crippen LogP contribution in [0.3, 0.4) is 0 Å². The topological polar surface area (TPSA) is 55.9 Å². The lowest BCUT2D eigenvalue weighted by molar-refractivity contribution is 0.458.